The molecule has 0 fully saturated rings. The summed E-state index contributed by atoms with van der Waals surface area (Å²) in [6, 6.07) is 6.94. The zero-order valence-electron chi connectivity index (χ0n) is 18.2. The number of alkyl halides is 3. The highest BCUT2D eigenvalue weighted by molar-refractivity contribution is 6.45. The van der Waals surface area contributed by atoms with Gasteiger partial charge in [-0.2, -0.15) is 13.2 Å². The van der Waals surface area contributed by atoms with Crippen molar-refractivity contribution < 1.29 is 32.0 Å². The Morgan fingerprint density at radius 3 is 2.50 bits per heavy atom. The van der Waals surface area contributed by atoms with Crippen molar-refractivity contribution in [1.82, 2.24) is 5.32 Å². The van der Waals surface area contributed by atoms with Crippen LogP contribution in [0.15, 0.2) is 40.6 Å². The van der Waals surface area contributed by atoms with E-state index in [-0.39, 0.29) is 23.5 Å². The fourth-order valence-electron chi connectivity index (χ4n) is 3.11. The number of amides is 1. The number of carbonyl (C=O) groups is 1. The van der Waals surface area contributed by atoms with Crippen LogP contribution < -0.4 is 10.8 Å². The van der Waals surface area contributed by atoms with Crippen LogP contribution in [-0.2, 0) is 27.3 Å². The van der Waals surface area contributed by atoms with E-state index in [1.165, 1.54) is 28.9 Å². The zero-order chi connectivity index (χ0) is 24.1. The summed E-state index contributed by atoms with van der Waals surface area (Å²) in [5.74, 6) is -1.55. The predicted octanol–water partition coefficient (Wildman–Crippen LogP) is 2.45. The van der Waals surface area contributed by atoms with Crippen molar-refractivity contribution in [2.24, 2.45) is 10.3 Å². The molecule has 0 saturated heterocycles. The molecule has 170 valence electrons. The van der Waals surface area contributed by atoms with Crippen LogP contribution in [0.1, 0.15) is 34.7 Å². The van der Waals surface area contributed by atoms with E-state index >= 15 is 0 Å². The fourth-order valence-corrected chi connectivity index (χ4v) is 3.11. The van der Waals surface area contributed by atoms with Gasteiger partial charge >= 0.3 is 6.18 Å². The first-order chi connectivity index (χ1) is 15.0. The topological polar surface area (TPSA) is 72.3 Å². The van der Waals surface area contributed by atoms with E-state index in [1.54, 1.807) is 25.1 Å². The number of benzene rings is 2. The molecule has 6 nitrogen and oxygen atoms in total. The van der Waals surface area contributed by atoms with Crippen LogP contribution in [0.3, 0.4) is 0 Å². The van der Waals surface area contributed by atoms with Crippen LogP contribution >= 0.6 is 0 Å². The number of oxime groups is 2. The van der Waals surface area contributed by atoms with Crippen LogP contribution in [0.5, 0.6) is 0 Å². The van der Waals surface area contributed by atoms with E-state index in [1.807, 2.05) is 0 Å². The average Bonchev–Trinajstić information content (AvgIpc) is 2.71. The summed E-state index contributed by atoms with van der Waals surface area (Å²) in [6.45, 7) is 2.78. The van der Waals surface area contributed by atoms with Crippen LogP contribution in [0.25, 0.3) is 0 Å². The maximum atomic E-state index is 14.4. The van der Waals surface area contributed by atoms with E-state index < -0.39 is 29.0 Å². The van der Waals surface area contributed by atoms with Gasteiger partial charge in [-0.25, -0.2) is 4.39 Å². The summed E-state index contributed by atoms with van der Waals surface area (Å²) in [5.41, 5.74) is -0.327. The molecule has 2 aromatic rings. The zero-order valence-corrected chi connectivity index (χ0v) is 18.2. The van der Waals surface area contributed by atoms with Crippen molar-refractivity contribution in [3.63, 3.8) is 0 Å². The molecule has 0 radical (unpaired) electrons. The molecule has 0 atom stereocenters. The lowest BCUT2D eigenvalue weighted by molar-refractivity contribution is -0.137. The fraction of sp³-hybridized carbons (Fsp3) is 0.286. The Morgan fingerprint density at radius 1 is 1.22 bits per heavy atom. The lowest BCUT2D eigenvalue weighted by Gasteiger charge is -2.15. The van der Waals surface area contributed by atoms with Gasteiger partial charge in [0, 0.05) is 23.7 Å². The summed E-state index contributed by atoms with van der Waals surface area (Å²) >= 11 is 0. The Balaban J connectivity index is 2.41. The van der Waals surface area contributed by atoms with E-state index in [0.717, 1.165) is 17.7 Å². The lowest BCUT2D eigenvalue weighted by atomic mass is 9.90. The SMILES string of the molecule is Bc1cc(F)c(/C(C)=N/OCc2c(C)cccc2/C(=N\OC)C(=O)NC)c(C(F)(F)F)c1. The van der Waals surface area contributed by atoms with Crippen molar-refractivity contribution in [1.29, 1.82) is 0 Å². The molecule has 0 bridgehead atoms. The van der Waals surface area contributed by atoms with E-state index in [4.69, 9.17) is 9.68 Å². The van der Waals surface area contributed by atoms with Gasteiger partial charge in [-0.3, -0.25) is 4.79 Å². The first kappa shape index (κ1) is 24.9. The first-order valence-electron chi connectivity index (χ1n) is 9.47. The molecular weight excluding hydrogens is 429 g/mol. The third kappa shape index (κ3) is 5.65. The maximum Gasteiger partial charge on any atom is 0.417 e. The lowest BCUT2D eigenvalue weighted by Crippen LogP contribution is -2.29. The molecule has 1 amide bonds. The molecule has 0 aliphatic heterocycles. The van der Waals surface area contributed by atoms with Gasteiger partial charge in [-0.15, -0.1) is 0 Å². The summed E-state index contributed by atoms with van der Waals surface area (Å²) < 4.78 is 54.6. The second-order valence-corrected chi connectivity index (χ2v) is 6.92. The van der Waals surface area contributed by atoms with Gasteiger partial charge in [-0.1, -0.05) is 40.0 Å². The molecule has 2 rings (SSSR count). The standard InChI is InChI=1S/C21H22BF4N3O3/c1-11-6-5-7-14(19(29-31-4)20(30)27-3)15(11)10-32-28-12(2)18-16(21(24,25)26)8-13(22)9-17(18)23/h5-9H,10,22H2,1-4H3,(H,27,30)/b28-12+,29-19+. The van der Waals surface area contributed by atoms with Crippen molar-refractivity contribution in [2.45, 2.75) is 26.6 Å². The minimum absolute atomic E-state index is 0.0121. The maximum absolute atomic E-state index is 14.4. The molecule has 11 heteroatoms. The third-order valence-corrected chi connectivity index (χ3v) is 4.60. The Morgan fingerprint density at radius 2 is 1.91 bits per heavy atom. The molecule has 0 unspecified atom stereocenters. The highest BCUT2D eigenvalue weighted by Gasteiger charge is 2.36. The van der Waals surface area contributed by atoms with Gasteiger partial charge in [0.15, 0.2) is 5.71 Å². The second kappa shape index (κ2) is 10.3. The summed E-state index contributed by atoms with van der Waals surface area (Å²) in [6.07, 6.45) is -4.76. The van der Waals surface area contributed by atoms with Crippen molar-refractivity contribution in [3.05, 3.63) is 64.0 Å². The quantitative estimate of drug-likeness (QED) is 0.304. The molecule has 0 heterocycles. The number of halogens is 4. The Kier molecular flexibility index (Phi) is 8.01. The molecule has 0 aromatic heterocycles. The second-order valence-electron chi connectivity index (χ2n) is 6.92. The monoisotopic (exact) mass is 451 g/mol. The van der Waals surface area contributed by atoms with E-state index in [9.17, 15) is 22.4 Å². The van der Waals surface area contributed by atoms with Crippen LogP contribution in [0.2, 0.25) is 0 Å². The number of nitrogens with zero attached hydrogens (tertiary/aromatic N) is 2. The van der Waals surface area contributed by atoms with Gasteiger partial charge in [0.05, 0.1) is 11.3 Å². The number of hydrogen-bond donors (Lipinski definition) is 1. The van der Waals surface area contributed by atoms with Crippen LogP contribution in [-0.4, -0.2) is 39.3 Å². The van der Waals surface area contributed by atoms with Crippen LogP contribution in [0, 0.1) is 12.7 Å². The molecule has 0 aliphatic carbocycles. The molecular formula is C21H22BF4N3O3. The summed E-state index contributed by atoms with van der Waals surface area (Å²) in [5, 5.41) is 9.92. The number of carbonyl (C=O) groups excluding carboxylic acids is 1. The van der Waals surface area contributed by atoms with Gasteiger partial charge < -0.3 is 15.0 Å². The normalized spacial score (nSPS) is 12.5. The smallest absolute Gasteiger partial charge is 0.398 e. The van der Waals surface area contributed by atoms with E-state index in [0.29, 0.717) is 11.1 Å². The van der Waals surface area contributed by atoms with Crippen molar-refractivity contribution in [3.8, 4) is 0 Å². The minimum Gasteiger partial charge on any atom is -0.398 e. The summed E-state index contributed by atoms with van der Waals surface area (Å²) in [7, 11) is 4.09. The number of rotatable bonds is 7. The van der Waals surface area contributed by atoms with Gasteiger partial charge in [0.2, 0.25) is 0 Å². The molecule has 0 spiro atoms. The highest BCUT2D eigenvalue weighted by Crippen LogP contribution is 2.33. The molecule has 1 N–H and O–H groups in total. The molecule has 0 saturated carbocycles. The number of likely N-dealkylation sites (N-methyl/N-ethyl adjacent to an activating group) is 1. The molecule has 2 aromatic carbocycles. The highest BCUT2D eigenvalue weighted by atomic mass is 19.4. The molecule has 32 heavy (non-hydrogen) atoms. The number of nitrogens with one attached hydrogen (secondary N) is 1. The first-order valence-corrected chi connectivity index (χ1v) is 9.47. The predicted molar refractivity (Wildman–Crippen MR) is 115 cm³/mol. The van der Waals surface area contributed by atoms with E-state index in [2.05, 4.69) is 15.6 Å². The number of aryl methyl sites for hydroxylation is 1. The average molecular weight is 451 g/mol. The van der Waals surface area contributed by atoms with Gasteiger partial charge in [-0.05, 0) is 25.5 Å². The minimum atomic E-state index is -4.76. The Bertz CT molecular complexity index is 1070. The summed E-state index contributed by atoms with van der Waals surface area (Å²) in [4.78, 5) is 22.2. The number of hydrogen-bond acceptors (Lipinski definition) is 5. The van der Waals surface area contributed by atoms with Crippen molar-refractivity contribution in [2.75, 3.05) is 14.2 Å². The largest absolute Gasteiger partial charge is 0.417 e. The molecule has 0 aliphatic rings. The Hall–Kier alpha value is -3.37. The van der Waals surface area contributed by atoms with Gasteiger partial charge in [0.25, 0.3) is 5.91 Å². The van der Waals surface area contributed by atoms with Gasteiger partial charge in [0.1, 0.15) is 27.4 Å². The van der Waals surface area contributed by atoms with Crippen molar-refractivity contribution >= 4 is 30.6 Å². The third-order valence-electron chi connectivity index (χ3n) is 4.60. The Labute approximate surface area is 183 Å². The van der Waals surface area contributed by atoms with Crippen LogP contribution in [0.4, 0.5) is 17.6 Å².